The summed E-state index contributed by atoms with van der Waals surface area (Å²) in [6, 6.07) is 8.12. The molecule has 0 aliphatic carbocycles. The first kappa shape index (κ1) is 17.4. The average molecular weight is 342 g/mol. The summed E-state index contributed by atoms with van der Waals surface area (Å²) in [7, 11) is 1.68. The van der Waals surface area contributed by atoms with E-state index in [1.165, 1.54) is 5.69 Å². The van der Waals surface area contributed by atoms with Gasteiger partial charge in [0.15, 0.2) is 0 Å². The van der Waals surface area contributed by atoms with Crippen LogP contribution in [-0.4, -0.2) is 32.7 Å². The maximum absolute atomic E-state index is 12.5. The molecule has 1 aliphatic heterocycles. The minimum atomic E-state index is -0.0355. The largest absolute Gasteiger partial charge is 0.497 e. The Balaban J connectivity index is 1.57. The van der Waals surface area contributed by atoms with Crippen LogP contribution in [0.2, 0.25) is 0 Å². The van der Waals surface area contributed by atoms with E-state index >= 15 is 0 Å². The molecule has 134 valence electrons. The molecule has 5 heteroatoms. The van der Waals surface area contributed by atoms with Crippen LogP contribution in [0.25, 0.3) is 0 Å². The van der Waals surface area contributed by atoms with Crippen molar-refractivity contribution in [3.8, 4) is 5.75 Å². The van der Waals surface area contributed by atoms with Gasteiger partial charge in [-0.1, -0.05) is 6.07 Å². The number of hydrogen-bond donors (Lipinski definition) is 1. The minimum absolute atomic E-state index is 0.0355. The van der Waals surface area contributed by atoms with Crippen LogP contribution in [0.3, 0.4) is 0 Å². The highest BCUT2D eigenvalue weighted by molar-refractivity contribution is 5.96. The number of amides is 1. The molecule has 1 atom stereocenters. The van der Waals surface area contributed by atoms with Gasteiger partial charge >= 0.3 is 0 Å². The number of rotatable bonds is 5. The summed E-state index contributed by atoms with van der Waals surface area (Å²) in [5, 5.41) is 3.08. The Morgan fingerprint density at radius 1 is 1.32 bits per heavy atom. The second kappa shape index (κ2) is 7.21. The number of nitrogens with zero attached hydrogens (tertiary/aromatic N) is 1. The second-order valence-electron chi connectivity index (χ2n) is 6.73. The third-order valence-electron chi connectivity index (χ3n) is 5.04. The van der Waals surface area contributed by atoms with E-state index < -0.39 is 0 Å². The molecule has 1 saturated heterocycles. The van der Waals surface area contributed by atoms with E-state index in [1.54, 1.807) is 7.11 Å². The topological polar surface area (TPSA) is 54.7 Å². The lowest BCUT2D eigenvalue weighted by molar-refractivity contribution is 0.0946. The molecular weight excluding hydrogens is 316 g/mol. The van der Waals surface area contributed by atoms with Crippen LogP contribution in [-0.2, 0) is 0 Å². The summed E-state index contributed by atoms with van der Waals surface area (Å²) >= 11 is 0. The van der Waals surface area contributed by atoms with Crippen LogP contribution in [0.5, 0.6) is 5.75 Å². The summed E-state index contributed by atoms with van der Waals surface area (Å²) < 4.78 is 10.9. The summed E-state index contributed by atoms with van der Waals surface area (Å²) in [5.41, 5.74) is 2.78. The molecule has 1 aromatic heterocycles. The van der Waals surface area contributed by atoms with Crippen LogP contribution in [0.1, 0.15) is 33.9 Å². The van der Waals surface area contributed by atoms with Gasteiger partial charge in [0.2, 0.25) is 0 Å². The third kappa shape index (κ3) is 3.65. The zero-order valence-corrected chi connectivity index (χ0v) is 15.4. The van der Waals surface area contributed by atoms with E-state index in [0.29, 0.717) is 23.8 Å². The first-order valence-electron chi connectivity index (χ1n) is 8.73. The summed E-state index contributed by atoms with van der Waals surface area (Å²) in [6.07, 6.45) is 1.07. The van der Waals surface area contributed by atoms with Crippen molar-refractivity contribution in [2.45, 2.75) is 27.2 Å². The van der Waals surface area contributed by atoms with Gasteiger partial charge in [0.1, 0.15) is 17.3 Å². The summed E-state index contributed by atoms with van der Waals surface area (Å²) in [4.78, 5) is 14.8. The van der Waals surface area contributed by atoms with Gasteiger partial charge in [-0.3, -0.25) is 4.79 Å². The highest BCUT2D eigenvalue weighted by Gasteiger charge is 2.25. The molecule has 3 rings (SSSR count). The fourth-order valence-electron chi connectivity index (χ4n) is 3.49. The maximum Gasteiger partial charge on any atom is 0.255 e. The molecule has 0 radical (unpaired) electrons. The van der Waals surface area contributed by atoms with Crippen molar-refractivity contribution in [3.63, 3.8) is 0 Å². The Morgan fingerprint density at radius 3 is 2.80 bits per heavy atom. The Hall–Kier alpha value is -2.43. The van der Waals surface area contributed by atoms with Gasteiger partial charge in [-0.2, -0.15) is 0 Å². The number of nitrogens with one attached hydrogen (secondary N) is 1. The van der Waals surface area contributed by atoms with Gasteiger partial charge in [0, 0.05) is 37.0 Å². The first-order chi connectivity index (χ1) is 12.0. The van der Waals surface area contributed by atoms with Gasteiger partial charge in [0.05, 0.1) is 12.7 Å². The minimum Gasteiger partial charge on any atom is -0.497 e. The van der Waals surface area contributed by atoms with Crippen molar-refractivity contribution < 1.29 is 13.9 Å². The van der Waals surface area contributed by atoms with Crippen LogP contribution in [0.4, 0.5) is 5.69 Å². The molecule has 0 unspecified atom stereocenters. The monoisotopic (exact) mass is 342 g/mol. The molecule has 0 saturated carbocycles. The van der Waals surface area contributed by atoms with Crippen LogP contribution >= 0.6 is 0 Å². The van der Waals surface area contributed by atoms with Crippen molar-refractivity contribution in [2.24, 2.45) is 5.92 Å². The number of carbonyl (C=O) groups is 1. The van der Waals surface area contributed by atoms with Crippen molar-refractivity contribution in [2.75, 3.05) is 31.6 Å². The number of furan rings is 1. The number of hydrogen-bond acceptors (Lipinski definition) is 4. The van der Waals surface area contributed by atoms with Crippen LogP contribution in [0.15, 0.2) is 28.7 Å². The summed E-state index contributed by atoms with van der Waals surface area (Å²) in [5.74, 6) is 2.79. The van der Waals surface area contributed by atoms with Gasteiger partial charge in [-0.15, -0.1) is 0 Å². The highest BCUT2D eigenvalue weighted by atomic mass is 16.5. The van der Waals surface area contributed by atoms with Crippen LogP contribution < -0.4 is 15.0 Å². The molecule has 1 aromatic carbocycles. The van der Waals surface area contributed by atoms with Gasteiger partial charge < -0.3 is 19.4 Å². The van der Waals surface area contributed by atoms with Crippen LogP contribution in [0, 0.1) is 26.7 Å². The zero-order chi connectivity index (χ0) is 18.0. The fraction of sp³-hybridized carbons (Fsp3) is 0.450. The van der Waals surface area contributed by atoms with Crippen molar-refractivity contribution >= 4 is 11.6 Å². The smallest absolute Gasteiger partial charge is 0.255 e. The molecule has 0 spiro atoms. The number of anilines is 1. The Kier molecular flexibility index (Phi) is 5.02. The molecule has 1 amide bonds. The number of ether oxygens (including phenoxy) is 1. The molecule has 1 aliphatic rings. The average Bonchev–Trinajstić information content (AvgIpc) is 3.18. The molecule has 5 nitrogen and oxygen atoms in total. The van der Waals surface area contributed by atoms with E-state index in [2.05, 4.69) is 22.3 Å². The van der Waals surface area contributed by atoms with Gasteiger partial charge in [-0.05, 0) is 45.2 Å². The lowest BCUT2D eigenvalue weighted by Gasteiger charge is -2.19. The zero-order valence-electron chi connectivity index (χ0n) is 15.4. The highest BCUT2D eigenvalue weighted by Crippen LogP contribution is 2.27. The molecule has 2 aromatic rings. The molecule has 25 heavy (non-hydrogen) atoms. The van der Waals surface area contributed by atoms with E-state index in [0.717, 1.165) is 36.6 Å². The predicted molar refractivity (Wildman–Crippen MR) is 98.6 cm³/mol. The van der Waals surface area contributed by atoms with E-state index in [9.17, 15) is 4.79 Å². The fourth-order valence-corrected chi connectivity index (χ4v) is 3.49. The lowest BCUT2D eigenvalue weighted by atomic mass is 10.1. The quantitative estimate of drug-likeness (QED) is 0.904. The molecular formula is C20H26N2O3. The lowest BCUT2D eigenvalue weighted by Crippen LogP contribution is -2.31. The Bertz CT molecular complexity index is 766. The van der Waals surface area contributed by atoms with E-state index in [-0.39, 0.29) is 5.91 Å². The number of methoxy groups -OCH3 is 1. The number of aryl methyl sites for hydroxylation is 2. The first-order valence-corrected chi connectivity index (χ1v) is 8.73. The van der Waals surface area contributed by atoms with Gasteiger partial charge in [-0.25, -0.2) is 0 Å². The molecule has 2 heterocycles. The number of carbonyl (C=O) groups excluding carboxylic acids is 1. The van der Waals surface area contributed by atoms with Crippen molar-refractivity contribution in [3.05, 3.63) is 46.9 Å². The SMILES string of the molecule is COc1cccc(N2CC[C@@H](CNC(=O)c3c(C)oc(C)c3C)C2)c1. The van der Waals surface area contributed by atoms with E-state index in [4.69, 9.17) is 9.15 Å². The Morgan fingerprint density at radius 2 is 2.12 bits per heavy atom. The summed E-state index contributed by atoms with van der Waals surface area (Å²) in [6.45, 7) is 8.28. The Labute approximate surface area is 149 Å². The van der Waals surface area contributed by atoms with Crippen molar-refractivity contribution in [1.29, 1.82) is 0 Å². The van der Waals surface area contributed by atoms with Gasteiger partial charge in [0.25, 0.3) is 5.91 Å². The normalized spacial score (nSPS) is 17.0. The van der Waals surface area contributed by atoms with E-state index in [1.807, 2.05) is 32.9 Å². The second-order valence-corrected chi connectivity index (χ2v) is 6.73. The third-order valence-corrected chi connectivity index (χ3v) is 5.04. The predicted octanol–water partition coefficient (Wildman–Crippen LogP) is 3.47. The maximum atomic E-state index is 12.5. The number of benzene rings is 1. The molecule has 0 bridgehead atoms. The van der Waals surface area contributed by atoms with Crippen molar-refractivity contribution in [1.82, 2.24) is 5.32 Å². The molecule has 1 N–H and O–H groups in total. The standard InChI is InChI=1S/C20H26N2O3/c1-13-14(2)25-15(3)19(13)20(23)21-11-16-8-9-22(12-16)17-6-5-7-18(10-17)24-4/h5-7,10,16H,8-9,11-12H2,1-4H3,(H,21,23)/t16-/m0/s1. The molecule has 1 fully saturated rings.